The lowest BCUT2D eigenvalue weighted by molar-refractivity contribution is 0.00578. The van der Waals surface area contributed by atoms with Crippen molar-refractivity contribution in [3.05, 3.63) is 18.2 Å². The Kier molecular flexibility index (Phi) is 4.48. The predicted octanol–water partition coefficient (Wildman–Crippen LogP) is 2.73. The number of anilines is 1. The Balaban J connectivity index is 2.11. The third-order valence-corrected chi connectivity index (χ3v) is 3.89. The minimum atomic E-state index is -0.569. The summed E-state index contributed by atoms with van der Waals surface area (Å²) in [4.78, 5) is 16.2. The van der Waals surface area contributed by atoms with Gasteiger partial charge in [0.2, 0.25) is 0 Å². The number of nitrogens with zero attached hydrogens (tertiary/aromatic N) is 1. The summed E-state index contributed by atoms with van der Waals surface area (Å²) in [6.45, 7) is 13.3. The fourth-order valence-electron chi connectivity index (χ4n) is 2.02. The monoisotopic (exact) mass is 320 g/mol. The van der Waals surface area contributed by atoms with Crippen LogP contribution >= 0.6 is 0 Å². The molecule has 2 heterocycles. The minimum Gasteiger partial charge on any atom is -0.444 e. The zero-order valence-corrected chi connectivity index (χ0v) is 14.9. The summed E-state index contributed by atoms with van der Waals surface area (Å²) in [5, 5.41) is 2.62. The van der Waals surface area contributed by atoms with Crippen LogP contribution < -0.4 is 10.9 Å². The Morgan fingerprint density at radius 3 is 2.26 bits per heavy atom. The summed E-state index contributed by atoms with van der Waals surface area (Å²) in [6, 6.07) is 5.29. The van der Waals surface area contributed by atoms with E-state index in [-0.39, 0.29) is 0 Å². The minimum absolute atomic E-state index is 0.395. The van der Waals surface area contributed by atoms with Crippen LogP contribution in [0.2, 0.25) is 0 Å². The summed E-state index contributed by atoms with van der Waals surface area (Å²) in [6.07, 6.45) is -0.545. The first-order valence-electron chi connectivity index (χ1n) is 7.72. The Hall–Kier alpha value is -1.60. The number of carbonyl (C=O) groups excluding carboxylic acids is 1. The smallest absolute Gasteiger partial charge is 0.444 e. The molecule has 1 aliphatic rings. The molecule has 0 aliphatic carbocycles. The Labute approximate surface area is 138 Å². The van der Waals surface area contributed by atoms with Crippen molar-refractivity contribution >= 4 is 24.6 Å². The quantitative estimate of drug-likeness (QED) is 0.849. The molecule has 0 aromatic carbocycles. The van der Waals surface area contributed by atoms with Gasteiger partial charge in [-0.2, -0.15) is 0 Å². The summed E-state index contributed by atoms with van der Waals surface area (Å²) in [5.74, 6) is 0.395. The van der Waals surface area contributed by atoms with Gasteiger partial charge < -0.3 is 14.0 Å². The first kappa shape index (κ1) is 17.8. The van der Waals surface area contributed by atoms with E-state index in [1.807, 2.05) is 33.8 Å². The standard InChI is InChI=1S/C16H25BN2O4/c1-14(2,3)21-13(20)19-12-10-8-9-11(18-12)17-22-15(4,5)16(6,7)23-17/h8-10H,1-7H3,(H,18,19,20). The van der Waals surface area contributed by atoms with E-state index >= 15 is 0 Å². The molecule has 0 radical (unpaired) electrons. The molecule has 23 heavy (non-hydrogen) atoms. The average Bonchev–Trinajstić information content (AvgIpc) is 2.56. The van der Waals surface area contributed by atoms with E-state index in [9.17, 15) is 4.79 Å². The number of aromatic nitrogens is 1. The molecule has 0 spiro atoms. The van der Waals surface area contributed by atoms with Gasteiger partial charge in [-0.1, -0.05) is 6.07 Å². The molecule has 1 saturated heterocycles. The molecule has 0 atom stereocenters. The van der Waals surface area contributed by atoms with Crippen molar-refractivity contribution in [3.63, 3.8) is 0 Å². The number of pyridine rings is 1. The zero-order valence-electron chi connectivity index (χ0n) is 14.9. The highest BCUT2D eigenvalue weighted by molar-refractivity contribution is 6.61. The van der Waals surface area contributed by atoms with Crippen LogP contribution in [0.25, 0.3) is 0 Å². The average molecular weight is 320 g/mol. The van der Waals surface area contributed by atoms with Crippen LogP contribution in [0.5, 0.6) is 0 Å². The number of hydrogen-bond donors (Lipinski definition) is 1. The van der Waals surface area contributed by atoms with Crippen LogP contribution in [-0.2, 0) is 14.0 Å². The molecule has 0 unspecified atom stereocenters. The van der Waals surface area contributed by atoms with Crippen LogP contribution in [0, 0.1) is 0 Å². The van der Waals surface area contributed by atoms with Gasteiger partial charge in [0.1, 0.15) is 11.4 Å². The summed E-state index contributed by atoms with van der Waals surface area (Å²) in [7, 11) is -0.569. The van der Waals surface area contributed by atoms with Gasteiger partial charge in [0.15, 0.2) is 0 Å². The predicted molar refractivity (Wildman–Crippen MR) is 89.8 cm³/mol. The normalized spacial score (nSPS) is 19.5. The van der Waals surface area contributed by atoms with Gasteiger partial charge in [0.05, 0.1) is 16.8 Å². The highest BCUT2D eigenvalue weighted by atomic mass is 16.7. The number of ether oxygens (including phenoxy) is 1. The third kappa shape index (κ3) is 4.23. The second kappa shape index (κ2) is 5.80. The maximum atomic E-state index is 11.8. The molecule has 0 saturated carbocycles. The van der Waals surface area contributed by atoms with Gasteiger partial charge in [-0.05, 0) is 60.6 Å². The lowest BCUT2D eigenvalue weighted by Gasteiger charge is -2.32. The molecular formula is C16H25BN2O4. The number of nitrogens with one attached hydrogen (secondary N) is 1. The van der Waals surface area contributed by atoms with Gasteiger partial charge in [-0.3, -0.25) is 5.32 Å². The molecule has 1 aromatic heterocycles. The highest BCUT2D eigenvalue weighted by Crippen LogP contribution is 2.36. The Bertz CT molecular complexity index is 580. The van der Waals surface area contributed by atoms with Crippen molar-refractivity contribution in [2.24, 2.45) is 0 Å². The van der Waals surface area contributed by atoms with Gasteiger partial charge in [-0.15, -0.1) is 0 Å². The highest BCUT2D eigenvalue weighted by Gasteiger charge is 2.52. The number of hydrogen-bond acceptors (Lipinski definition) is 5. The molecule has 1 amide bonds. The van der Waals surface area contributed by atoms with Gasteiger partial charge in [0, 0.05) is 0 Å². The van der Waals surface area contributed by atoms with E-state index in [1.165, 1.54) is 0 Å². The first-order chi connectivity index (χ1) is 10.4. The molecule has 7 heteroatoms. The maximum absolute atomic E-state index is 11.8. The molecule has 1 N–H and O–H groups in total. The number of amides is 1. The van der Waals surface area contributed by atoms with Crippen molar-refractivity contribution in [1.29, 1.82) is 0 Å². The molecule has 0 bridgehead atoms. The lowest BCUT2D eigenvalue weighted by atomic mass is 9.84. The molecule has 2 rings (SSSR count). The summed E-state index contributed by atoms with van der Waals surface area (Å²) >= 11 is 0. The molecule has 6 nitrogen and oxygen atoms in total. The largest absolute Gasteiger partial charge is 0.514 e. The van der Waals surface area contributed by atoms with Crippen LogP contribution in [0.15, 0.2) is 18.2 Å². The number of carbonyl (C=O) groups is 1. The Morgan fingerprint density at radius 2 is 1.74 bits per heavy atom. The molecule has 1 aliphatic heterocycles. The second-order valence-corrected chi connectivity index (χ2v) is 7.66. The number of rotatable bonds is 2. The van der Waals surface area contributed by atoms with Crippen molar-refractivity contribution in [3.8, 4) is 0 Å². The van der Waals surface area contributed by atoms with Crippen molar-refractivity contribution in [2.75, 3.05) is 5.32 Å². The molecule has 1 aromatic rings. The third-order valence-electron chi connectivity index (χ3n) is 3.89. The first-order valence-corrected chi connectivity index (χ1v) is 7.72. The van der Waals surface area contributed by atoms with Crippen LogP contribution in [0.3, 0.4) is 0 Å². The molecule has 1 fully saturated rings. The maximum Gasteiger partial charge on any atom is 0.514 e. The van der Waals surface area contributed by atoms with Gasteiger partial charge in [0.25, 0.3) is 0 Å². The van der Waals surface area contributed by atoms with E-state index in [0.29, 0.717) is 11.4 Å². The summed E-state index contributed by atoms with van der Waals surface area (Å²) in [5.41, 5.74) is -0.827. The van der Waals surface area contributed by atoms with Crippen LogP contribution in [0.4, 0.5) is 10.6 Å². The fourth-order valence-corrected chi connectivity index (χ4v) is 2.02. The van der Waals surface area contributed by atoms with E-state index in [2.05, 4.69) is 10.3 Å². The van der Waals surface area contributed by atoms with Crippen LogP contribution in [0.1, 0.15) is 48.5 Å². The Morgan fingerprint density at radius 1 is 1.17 bits per heavy atom. The van der Waals surface area contributed by atoms with Gasteiger partial charge >= 0.3 is 13.2 Å². The van der Waals surface area contributed by atoms with Crippen molar-refractivity contribution in [1.82, 2.24) is 4.98 Å². The van der Waals surface area contributed by atoms with Crippen LogP contribution in [-0.4, -0.2) is 35.0 Å². The summed E-state index contributed by atoms with van der Waals surface area (Å²) < 4.78 is 17.1. The topological polar surface area (TPSA) is 69.7 Å². The molecular weight excluding hydrogens is 295 g/mol. The fraction of sp³-hybridized carbons (Fsp3) is 0.625. The van der Waals surface area contributed by atoms with Crippen molar-refractivity contribution < 1.29 is 18.8 Å². The SMILES string of the molecule is CC(C)(C)OC(=O)Nc1cccc(B2OC(C)(C)C(C)(C)O2)n1. The van der Waals surface area contributed by atoms with E-state index in [0.717, 1.165) is 0 Å². The van der Waals surface area contributed by atoms with E-state index in [4.69, 9.17) is 14.0 Å². The molecule has 126 valence electrons. The van der Waals surface area contributed by atoms with Gasteiger partial charge in [-0.25, -0.2) is 9.78 Å². The lowest BCUT2D eigenvalue weighted by Crippen LogP contribution is -2.41. The second-order valence-electron chi connectivity index (χ2n) is 7.66. The van der Waals surface area contributed by atoms with E-state index < -0.39 is 30.0 Å². The van der Waals surface area contributed by atoms with E-state index in [1.54, 1.807) is 32.9 Å². The zero-order chi connectivity index (χ0) is 17.5. The van der Waals surface area contributed by atoms with Crippen molar-refractivity contribution in [2.45, 2.75) is 65.3 Å².